The Bertz CT molecular complexity index is 2940. The number of aromatic amines is 1. The molecule has 27 heteroatoms. The number of amides is 9. The van der Waals surface area contributed by atoms with Crippen molar-refractivity contribution in [3.8, 4) is 5.75 Å². The van der Waals surface area contributed by atoms with Crippen molar-refractivity contribution >= 4 is 76.0 Å². The number of benzene rings is 2. The van der Waals surface area contributed by atoms with E-state index in [9.17, 15) is 68.4 Å². The maximum Gasteiger partial charge on any atom is 0.303 e. The summed E-state index contributed by atoms with van der Waals surface area (Å²) in [6.07, 6.45) is 6.02. The van der Waals surface area contributed by atoms with E-state index in [1.807, 2.05) is 38.1 Å². The van der Waals surface area contributed by atoms with Crippen LogP contribution in [0.1, 0.15) is 116 Å². The molecule has 2 heterocycles. The number of carbonyl (C=O) groups is 10. The van der Waals surface area contributed by atoms with Crippen LogP contribution in [0.25, 0.3) is 10.9 Å². The van der Waals surface area contributed by atoms with Gasteiger partial charge in [0, 0.05) is 76.4 Å². The third-order valence-electron chi connectivity index (χ3n) is 15.6. The second kappa shape index (κ2) is 34.7. The zero-order valence-electron chi connectivity index (χ0n) is 50.7. The van der Waals surface area contributed by atoms with Gasteiger partial charge in [-0.2, -0.15) is 0 Å². The molecule has 1 saturated carbocycles. The van der Waals surface area contributed by atoms with E-state index in [4.69, 9.17) is 11.5 Å². The van der Waals surface area contributed by atoms with E-state index in [1.54, 1.807) is 30.5 Å². The van der Waals surface area contributed by atoms with Crippen LogP contribution in [0, 0.1) is 17.8 Å². The number of aromatic nitrogens is 1. The smallest absolute Gasteiger partial charge is 0.303 e. The fourth-order valence-electron chi connectivity index (χ4n) is 11.0. The number of hydrogen-bond acceptors (Lipinski definition) is 14. The number of aliphatic imine (C=N–C) groups is 1. The molecule has 0 spiro atoms. The van der Waals surface area contributed by atoms with Gasteiger partial charge in [0.25, 0.3) is 0 Å². The third-order valence-corrected chi connectivity index (χ3v) is 15.6. The molecule has 1 aliphatic heterocycles. The van der Waals surface area contributed by atoms with Crippen molar-refractivity contribution in [2.24, 2.45) is 34.2 Å². The lowest BCUT2D eigenvalue weighted by atomic mass is 9.84. The fraction of sp³-hybridized carbons (Fsp3) is 0.557. The van der Waals surface area contributed by atoms with E-state index < -0.39 is 132 Å². The maximum atomic E-state index is 14.2. The van der Waals surface area contributed by atoms with Gasteiger partial charge in [-0.3, -0.25) is 52.9 Å². The van der Waals surface area contributed by atoms with Gasteiger partial charge >= 0.3 is 5.97 Å². The number of aliphatic hydroxyl groups is 2. The Morgan fingerprint density at radius 3 is 2.07 bits per heavy atom. The summed E-state index contributed by atoms with van der Waals surface area (Å²) in [7, 11) is 1.51. The van der Waals surface area contributed by atoms with E-state index >= 15 is 0 Å². The second-order valence-corrected chi connectivity index (χ2v) is 23.2. The van der Waals surface area contributed by atoms with Crippen molar-refractivity contribution in [1.82, 2.24) is 52.4 Å². The maximum absolute atomic E-state index is 14.2. The Hall–Kier alpha value is -8.59. The molecule has 1 aliphatic carbocycles. The van der Waals surface area contributed by atoms with E-state index in [1.165, 1.54) is 33.0 Å². The van der Waals surface area contributed by atoms with Crippen LogP contribution in [0.2, 0.25) is 0 Å². The number of nitrogens with one attached hydrogen (secondary N) is 9. The number of aliphatic hydroxyl groups excluding tert-OH is 2. The normalized spacial score (nSPS) is 18.2. The topological polar surface area (TPSA) is 431 Å². The lowest BCUT2D eigenvalue weighted by Gasteiger charge is -2.30. The number of phenolic OH excluding ortho intramolecular Hbond substituents is 1. The lowest BCUT2D eigenvalue weighted by Crippen LogP contribution is -2.61. The highest BCUT2D eigenvalue weighted by Gasteiger charge is 2.43. The number of nitrogens with two attached hydrogens (primary N) is 2. The largest absolute Gasteiger partial charge is 0.508 e. The molecule has 0 radical (unpaired) electrons. The van der Waals surface area contributed by atoms with E-state index in [0.29, 0.717) is 24.9 Å². The first-order valence-electron chi connectivity index (χ1n) is 30.0. The molecule has 2 aromatic carbocycles. The molecular formula is C61H89N13O14. The van der Waals surface area contributed by atoms with Crippen molar-refractivity contribution in [3.63, 3.8) is 0 Å². The number of hydrogen-bond donors (Lipinski definition) is 15. The first kappa shape index (κ1) is 70.2. The van der Waals surface area contributed by atoms with Gasteiger partial charge in [0.15, 0.2) is 5.96 Å². The van der Waals surface area contributed by atoms with Gasteiger partial charge in [0.2, 0.25) is 53.2 Å². The number of rotatable bonds is 33. The molecule has 2 aliphatic rings. The number of para-hydroxylation sites is 1. The SMILES string of the molecule is CN=C(N)NCCC[C@H](NC(=O)[C@@H](/C=C/CNC(=O)[C@H](CC1CCCCC1)NC(=O)[C@@H](NC(=O)[C@H](CCC(=O)O)NC(=O)[C@@H]1C[C@@H](O)CN1C(=O)[C@@H](Cc1ccc(O)cc1)NC(C)=O)[C@@H](C)O)CC(C)C)C(=O)N[C@@H](Cc1c[nH]c2ccccc12)C(N)=O. The number of phenols is 1. The molecule has 1 aromatic heterocycles. The molecule has 88 heavy (non-hydrogen) atoms. The minimum absolute atomic E-state index is 0.0130. The molecular weight excluding hydrogens is 1140 g/mol. The van der Waals surface area contributed by atoms with Crippen molar-refractivity contribution < 1.29 is 68.4 Å². The van der Waals surface area contributed by atoms with Crippen LogP contribution in [-0.2, 0) is 60.8 Å². The zero-order valence-corrected chi connectivity index (χ0v) is 50.7. The quantitative estimate of drug-likeness (QED) is 0.0164. The molecule has 1 saturated heterocycles. The summed E-state index contributed by atoms with van der Waals surface area (Å²) in [5.74, 6) is -8.85. The number of guanidine groups is 1. The highest BCUT2D eigenvalue weighted by Crippen LogP contribution is 2.28. The number of carboxylic acid groups (broad SMARTS) is 1. The number of nitrogens with zero attached hydrogens (tertiary/aromatic N) is 2. The molecule has 0 unspecified atom stereocenters. The zero-order chi connectivity index (χ0) is 64.6. The lowest BCUT2D eigenvalue weighted by molar-refractivity contribution is -0.142. The Balaban J connectivity index is 1.28. The van der Waals surface area contributed by atoms with E-state index in [-0.39, 0.29) is 68.7 Å². The molecule has 27 nitrogen and oxygen atoms in total. The summed E-state index contributed by atoms with van der Waals surface area (Å²) in [4.78, 5) is 144. The van der Waals surface area contributed by atoms with Crippen LogP contribution in [0.5, 0.6) is 5.75 Å². The number of aliphatic carboxylic acids is 1. The number of H-pyrrole nitrogens is 1. The number of carbonyl (C=O) groups excluding carboxylic acids is 9. The number of primary amides is 1. The number of likely N-dealkylation sites (tertiary alicyclic amines) is 1. The number of β-amino-alcohol motifs (C(OH)–C–C–N with tert-alkyl or cyclic N) is 1. The molecule has 9 amide bonds. The summed E-state index contributed by atoms with van der Waals surface area (Å²) in [5.41, 5.74) is 13.8. The van der Waals surface area contributed by atoms with Crippen molar-refractivity contribution in [2.75, 3.05) is 26.7 Å². The van der Waals surface area contributed by atoms with Crippen molar-refractivity contribution in [3.05, 3.63) is 78.0 Å². The van der Waals surface area contributed by atoms with Crippen LogP contribution in [0.4, 0.5) is 0 Å². The first-order valence-corrected chi connectivity index (χ1v) is 30.0. The summed E-state index contributed by atoms with van der Waals surface area (Å²) >= 11 is 0. The van der Waals surface area contributed by atoms with Gasteiger partial charge < -0.3 is 84.3 Å². The monoisotopic (exact) mass is 1230 g/mol. The van der Waals surface area contributed by atoms with Crippen LogP contribution in [0.3, 0.4) is 0 Å². The molecule has 17 N–H and O–H groups in total. The minimum atomic E-state index is -1.75. The van der Waals surface area contributed by atoms with Gasteiger partial charge in [0.1, 0.15) is 48.0 Å². The molecule has 482 valence electrons. The highest BCUT2D eigenvalue weighted by molar-refractivity contribution is 5.97. The number of fused-ring (bicyclic) bond motifs is 1. The van der Waals surface area contributed by atoms with Gasteiger partial charge in [0.05, 0.1) is 18.1 Å². The van der Waals surface area contributed by atoms with Crippen LogP contribution >= 0.6 is 0 Å². The Morgan fingerprint density at radius 1 is 0.761 bits per heavy atom. The van der Waals surface area contributed by atoms with E-state index in [0.717, 1.165) is 53.5 Å². The van der Waals surface area contributed by atoms with Gasteiger partial charge in [-0.15, -0.1) is 0 Å². The standard InChI is InChI=1S/C61H89N13O14/c1-34(2)27-39(54(82)69-45(18-12-26-66-61(63)64-5)56(84)71-47(53(62)81)30-40-32-67-44-17-10-9-16-43(40)44)15-11-25-65-55(83)48(28-37-13-7-6-8-14-37)72-59(87)52(35(3)75)73-57(85)46(23-24-51(79)80)70-58(86)50-31-42(78)33-74(50)60(88)49(68-36(4)76)29-38-19-21-41(77)22-20-38/h9-11,15-17,19-22,32,34-35,37,39,42,45-50,52,67,75,77-78H,6-8,12-14,18,23-31,33H2,1-5H3,(H2,62,81)(H,65,83)(H,68,76)(H,69,82)(H,70,86)(H,71,84)(H,72,87)(H,73,85)(H,79,80)(H3,63,64,66)/b15-11+/t35-,39+,42-,45+,46+,47+,48+,49-,50+,52+/m1/s1. The van der Waals surface area contributed by atoms with Crippen molar-refractivity contribution in [2.45, 2.75) is 172 Å². The first-order chi connectivity index (χ1) is 41.8. The molecule has 2 fully saturated rings. The predicted molar refractivity (Wildman–Crippen MR) is 326 cm³/mol. The summed E-state index contributed by atoms with van der Waals surface area (Å²) in [6.45, 7) is 6.10. The molecule has 10 atom stereocenters. The summed E-state index contributed by atoms with van der Waals surface area (Å²) < 4.78 is 0. The molecule has 5 rings (SSSR count). The summed E-state index contributed by atoms with van der Waals surface area (Å²) in [6, 6.07) is 3.88. The average molecular weight is 1230 g/mol. The third kappa shape index (κ3) is 22.3. The van der Waals surface area contributed by atoms with E-state index in [2.05, 4.69) is 52.5 Å². The Morgan fingerprint density at radius 2 is 1.42 bits per heavy atom. The van der Waals surface area contributed by atoms with Gasteiger partial charge in [-0.05, 0) is 80.2 Å². The predicted octanol–water partition coefficient (Wildman–Crippen LogP) is -0.101. The van der Waals surface area contributed by atoms with Crippen LogP contribution < -0.4 is 54.0 Å². The van der Waals surface area contributed by atoms with Crippen molar-refractivity contribution in [1.29, 1.82) is 0 Å². The fourth-order valence-corrected chi connectivity index (χ4v) is 11.0. The van der Waals surface area contributed by atoms with Gasteiger partial charge in [-0.25, -0.2) is 0 Å². The number of aromatic hydroxyl groups is 1. The Labute approximate surface area is 511 Å². The summed E-state index contributed by atoms with van der Waals surface area (Å²) in [5, 5.41) is 63.5. The van der Waals surface area contributed by atoms with Crippen LogP contribution in [-0.4, -0.2) is 177 Å². The molecule has 0 bridgehead atoms. The molecule has 3 aromatic rings. The second-order valence-electron chi connectivity index (χ2n) is 23.2. The average Bonchev–Trinajstić information content (AvgIpc) is 2.28. The van der Waals surface area contributed by atoms with Gasteiger partial charge in [-0.1, -0.05) is 88.4 Å². The van der Waals surface area contributed by atoms with Crippen LogP contribution in [0.15, 0.2) is 71.9 Å². The number of carboxylic acids is 1. The Kier molecular flexibility index (Phi) is 27.6. The minimum Gasteiger partial charge on any atom is -0.508 e. The highest BCUT2D eigenvalue weighted by atomic mass is 16.4.